The van der Waals surface area contributed by atoms with Gasteiger partial charge in [-0.15, -0.1) is 0 Å². The summed E-state index contributed by atoms with van der Waals surface area (Å²) >= 11 is 0. The van der Waals surface area contributed by atoms with Gasteiger partial charge in [-0.25, -0.2) is 0 Å². The minimum Gasteiger partial charge on any atom is -0.0622 e. The fourth-order valence-corrected chi connectivity index (χ4v) is 4.59. The van der Waals surface area contributed by atoms with Crippen molar-refractivity contribution in [1.29, 1.82) is 0 Å². The molecule has 0 aromatic heterocycles. The Bertz CT molecular complexity index is 734. The second kappa shape index (κ2) is 7.66. The molecule has 136 valence electrons. The molecule has 0 heteroatoms. The zero-order valence-corrected chi connectivity index (χ0v) is 17.1. The Balaban J connectivity index is 2.33. The van der Waals surface area contributed by atoms with Gasteiger partial charge in [-0.1, -0.05) is 102 Å². The molecule has 26 heavy (non-hydrogen) atoms. The fourth-order valence-electron chi connectivity index (χ4n) is 4.59. The Morgan fingerprint density at radius 1 is 0.538 bits per heavy atom. The third-order valence-corrected chi connectivity index (χ3v) is 5.48. The summed E-state index contributed by atoms with van der Waals surface area (Å²) in [6, 6.07) is 22.1. The zero-order chi connectivity index (χ0) is 18.8. The lowest BCUT2D eigenvalue weighted by Crippen LogP contribution is -2.12. The third kappa shape index (κ3) is 3.30. The van der Waals surface area contributed by atoms with E-state index < -0.39 is 0 Å². The smallest absolute Gasteiger partial charge is 0.0130 e. The Morgan fingerprint density at radius 2 is 0.885 bits per heavy atom. The average molecular weight is 345 g/mol. The van der Waals surface area contributed by atoms with Crippen LogP contribution in [0.2, 0.25) is 0 Å². The molecular weight excluding hydrogens is 312 g/mol. The minimum absolute atomic E-state index is 0.453. The van der Waals surface area contributed by atoms with Crippen molar-refractivity contribution in [3.05, 3.63) is 82.9 Å². The van der Waals surface area contributed by atoms with Crippen LogP contribution in [0.25, 0.3) is 11.1 Å². The van der Waals surface area contributed by atoms with Gasteiger partial charge in [-0.2, -0.15) is 0 Å². The Labute approximate surface area is 159 Å². The van der Waals surface area contributed by atoms with E-state index in [4.69, 9.17) is 0 Å². The first-order valence-corrected chi connectivity index (χ1v) is 10.0. The third-order valence-electron chi connectivity index (χ3n) is 5.48. The van der Waals surface area contributed by atoms with Crippen LogP contribution < -0.4 is 0 Å². The zero-order valence-electron chi connectivity index (χ0n) is 17.1. The summed E-state index contributed by atoms with van der Waals surface area (Å²) in [4.78, 5) is 0. The van der Waals surface area contributed by atoms with E-state index in [-0.39, 0.29) is 0 Å². The molecule has 0 aliphatic heterocycles. The summed E-state index contributed by atoms with van der Waals surface area (Å²) < 4.78 is 0. The first kappa shape index (κ1) is 18.7. The highest BCUT2D eigenvalue weighted by atomic mass is 14.4. The van der Waals surface area contributed by atoms with Gasteiger partial charge in [-0.3, -0.25) is 0 Å². The van der Waals surface area contributed by atoms with E-state index in [1.165, 1.54) is 11.1 Å². The predicted octanol–water partition coefficient (Wildman–Crippen LogP) is 7.49. The van der Waals surface area contributed by atoms with E-state index in [1.54, 1.807) is 22.3 Å². The molecule has 0 saturated carbocycles. The van der Waals surface area contributed by atoms with Gasteiger partial charge in [0, 0.05) is 5.92 Å². The van der Waals surface area contributed by atoms with Crippen molar-refractivity contribution in [2.45, 2.75) is 41.5 Å². The molecule has 0 bridgehead atoms. The summed E-state index contributed by atoms with van der Waals surface area (Å²) in [6.45, 7) is 14.2. The molecule has 0 saturated heterocycles. The van der Waals surface area contributed by atoms with Crippen molar-refractivity contribution < 1.29 is 0 Å². The Hall–Kier alpha value is -2.08. The van der Waals surface area contributed by atoms with Crippen molar-refractivity contribution in [2.75, 3.05) is 0 Å². The lowest BCUT2D eigenvalue weighted by atomic mass is 9.79. The highest BCUT2D eigenvalue weighted by molar-refractivity contribution is 5.95. The summed E-state index contributed by atoms with van der Waals surface area (Å²) in [5, 5.41) is 0. The Kier molecular flexibility index (Phi) is 5.51. The van der Waals surface area contributed by atoms with E-state index in [2.05, 4.69) is 102 Å². The molecule has 1 aliphatic carbocycles. The normalized spacial score (nSPS) is 15.9. The van der Waals surface area contributed by atoms with Crippen LogP contribution in [0, 0.1) is 23.7 Å². The lowest BCUT2D eigenvalue weighted by molar-refractivity contribution is 0.576. The molecule has 2 aromatic rings. The SMILES string of the molecule is CC(C)C1=C(c2ccccc2)C(C(C)C)C(c2ccccc2)=C1C(C)C. The maximum Gasteiger partial charge on any atom is 0.0130 e. The molecule has 0 N–H and O–H groups in total. The molecule has 2 aromatic carbocycles. The van der Waals surface area contributed by atoms with Crippen LogP contribution >= 0.6 is 0 Å². The standard InChI is InChI=1S/C26H32/c1-17(2)22-23(18(3)4)26(21-15-11-8-12-16-21)24(19(5)6)25(22)20-13-9-7-10-14-20/h7-19,24H,1-6H3. The fraction of sp³-hybridized carbons (Fsp3) is 0.385. The van der Waals surface area contributed by atoms with Gasteiger partial charge in [0.15, 0.2) is 0 Å². The number of benzene rings is 2. The van der Waals surface area contributed by atoms with Crippen LogP contribution in [0.5, 0.6) is 0 Å². The van der Waals surface area contributed by atoms with Crippen molar-refractivity contribution in [2.24, 2.45) is 23.7 Å². The first-order chi connectivity index (χ1) is 12.4. The van der Waals surface area contributed by atoms with E-state index in [0.29, 0.717) is 23.7 Å². The van der Waals surface area contributed by atoms with E-state index in [0.717, 1.165) is 0 Å². The topological polar surface area (TPSA) is 0 Å². The molecule has 3 rings (SSSR count). The molecule has 0 radical (unpaired) electrons. The van der Waals surface area contributed by atoms with Crippen LogP contribution in [0.3, 0.4) is 0 Å². The van der Waals surface area contributed by atoms with Crippen molar-refractivity contribution >= 4 is 11.1 Å². The number of hydrogen-bond donors (Lipinski definition) is 0. The number of rotatable bonds is 5. The van der Waals surface area contributed by atoms with Crippen LogP contribution in [-0.4, -0.2) is 0 Å². The van der Waals surface area contributed by atoms with Gasteiger partial charge in [0.2, 0.25) is 0 Å². The molecule has 0 unspecified atom stereocenters. The van der Waals surface area contributed by atoms with Gasteiger partial charge < -0.3 is 0 Å². The molecule has 1 aliphatic rings. The largest absolute Gasteiger partial charge is 0.0622 e. The highest BCUT2D eigenvalue weighted by Gasteiger charge is 2.38. The molecule has 0 spiro atoms. The van der Waals surface area contributed by atoms with E-state index in [9.17, 15) is 0 Å². The van der Waals surface area contributed by atoms with Crippen LogP contribution in [0.4, 0.5) is 0 Å². The molecule has 0 atom stereocenters. The minimum atomic E-state index is 0.453. The molecule has 0 nitrogen and oxygen atoms in total. The molecule has 0 amide bonds. The number of allylic oxidation sites excluding steroid dienone is 4. The molecular formula is C26H32. The summed E-state index contributed by atoms with van der Waals surface area (Å²) in [7, 11) is 0. The van der Waals surface area contributed by atoms with Gasteiger partial charge in [-0.05, 0) is 51.2 Å². The lowest BCUT2D eigenvalue weighted by Gasteiger charge is -2.25. The Morgan fingerprint density at radius 3 is 1.15 bits per heavy atom. The van der Waals surface area contributed by atoms with E-state index in [1.807, 2.05) is 0 Å². The summed E-state index contributed by atoms with van der Waals surface area (Å²) in [5.41, 5.74) is 9.03. The second-order valence-electron chi connectivity index (χ2n) is 8.42. The quantitative estimate of drug-likeness (QED) is 0.527. The maximum atomic E-state index is 2.37. The van der Waals surface area contributed by atoms with Crippen LogP contribution in [0.15, 0.2) is 71.8 Å². The van der Waals surface area contributed by atoms with Gasteiger partial charge in [0.1, 0.15) is 0 Å². The van der Waals surface area contributed by atoms with Gasteiger partial charge in [0.05, 0.1) is 0 Å². The van der Waals surface area contributed by atoms with Crippen LogP contribution in [-0.2, 0) is 0 Å². The number of hydrogen-bond acceptors (Lipinski definition) is 0. The van der Waals surface area contributed by atoms with Crippen LogP contribution in [0.1, 0.15) is 52.7 Å². The second-order valence-corrected chi connectivity index (χ2v) is 8.42. The van der Waals surface area contributed by atoms with Crippen molar-refractivity contribution in [3.8, 4) is 0 Å². The summed E-state index contributed by atoms with van der Waals surface area (Å²) in [5.74, 6) is 2.05. The van der Waals surface area contributed by atoms with Crippen molar-refractivity contribution in [1.82, 2.24) is 0 Å². The molecule has 0 heterocycles. The molecule has 0 fully saturated rings. The summed E-state index contributed by atoms with van der Waals surface area (Å²) in [6.07, 6.45) is 0. The predicted molar refractivity (Wildman–Crippen MR) is 115 cm³/mol. The van der Waals surface area contributed by atoms with E-state index >= 15 is 0 Å². The first-order valence-electron chi connectivity index (χ1n) is 10.0. The van der Waals surface area contributed by atoms with Gasteiger partial charge in [0.25, 0.3) is 0 Å². The monoisotopic (exact) mass is 344 g/mol. The highest BCUT2D eigenvalue weighted by Crippen LogP contribution is 2.54. The van der Waals surface area contributed by atoms with Gasteiger partial charge >= 0.3 is 0 Å². The maximum absolute atomic E-state index is 2.37. The average Bonchev–Trinajstić information content (AvgIpc) is 3.00. The van der Waals surface area contributed by atoms with Crippen molar-refractivity contribution in [3.63, 3.8) is 0 Å².